The van der Waals surface area contributed by atoms with E-state index < -0.39 is 0 Å². The van der Waals surface area contributed by atoms with Crippen LogP contribution in [0.25, 0.3) is 0 Å². The first-order valence-corrected chi connectivity index (χ1v) is 14.0. The maximum atomic E-state index is 12.2. The minimum absolute atomic E-state index is 0.0977. The van der Waals surface area contributed by atoms with Crippen LogP contribution in [0.2, 0.25) is 0 Å². The Bertz CT molecular complexity index is 342. The molecule has 0 aliphatic heterocycles. The third-order valence-electron chi connectivity index (χ3n) is 6.46. The van der Waals surface area contributed by atoms with E-state index in [1.807, 2.05) is 0 Å². The Balaban J connectivity index is 3.22. The molecule has 0 heterocycles. The summed E-state index contributed by atoms with van der Waals surface area (Å²) in [5.41, 5.74) is 0. The number of ketones is 1. The van der Waals surface area contributed by atoms with Gasteiger partial charge >= 0.3 is 0 Å². The van der Waals surface area contributed by atoms with Crippen molar-refractivity contribution in [3.05, 3.63) is 0 Å². The molecule has 0 aromatic heterocycles. The van der Waals surface area contributed by atoms with Crippen molar-refractivity contribution in [2.24, 2.45) is 0 Å². The molecule has 180 valence electrons. The average molecular weight is 424 g/mol. The lowest BCUT2D eigenvalue weighted by Gasteiger charge is -2.15. The predicted molar refractivity (Wildman–Crippen MR) is 135 cm³/mol. The quantitative estimate of drug-likeness (QED) is 0.148. The van der Waals surface area contributed by atoms with E-state index in [-0.39, 0.29) is 6.04 Å². The zero-order valence-corrected chi connectivity index (χ0v) is 21.2. The molecule has 0 spiro atoms. The molecule has 0 bridgehead atoms. The topological polar surface area (TPSA) is 29.1 Å². The summed E-state index contributed by atoms with van der Waals surface area (Å²) in [6.45, 7) is 7.52. The molecular weight excluding hydrogens is 366 g/mol. The van der Waals surface area contributed by atoms with Gasteiger partial charge in [0.2, 0.25) is 0 Å². The van der Waals surface area contributed by atoms with Crippen LogP contribution >= 0.6 is 0 Å². The van der Waals surface area contributed by atoms with Gasteiger partial charge in [0.05, 0.1) is 6.04 Å². The molecule has 0 radical (unpaired) electrons. The predicted octanol–water partition coefficient (Wildman–Crippen LogP) is 9.16. The highest BCUT2D eigenvalue weighted by molar-refractivity contribution is 5.83. The maximum absolute atomic E-state index is 12.2. The molecule has 0 fully saturated rings. The summed E-state index contributed by atoms with van der Waals surface area (Å²) in [5.74, 6) is 0.429. The van der Waals surface area contributed by atoms with Crippen LogP contribution in [0.15, 0.2) is 0 Å². The summed E-state index contributed by atoms with van der Waals surface area (Å²) in [6.07, 6.45) is 29.4. The molecule has 0 amide bonds. The molecule has 0 aromatic carbocycles. The fraction of sp³-hybridized carbons (Fsp3) is 0.964. The molecule has 0 aliphatic rings. The Morgan fingerprint density at radius 1 is 0.533 bits per heavy atom. The highest BCUT2D eigenvalue weighted by atomic mass is 16.1. The van der Waals surface area contributed by atoms with Gasteiger partial charge in [-0.2, -0.15) is 0 Å². The lowest BCUT2D eigenvalue weighted by atomic mass is 10.0. The standard InChI is InChI=1S/C28H57NO/c1-4-7-8-9-10-11-12-13-14-15-16-17-18-19-20-21-22-23-24-25-28(30)27(6-3)29-26-5-2/h27,29H,4-26H2,1-3H3. The van der Waals surface area contributed by atoms with Crippen molar-refractivity contribution >= 4 is 5.78 Å². The molecule has 2 nitrogen and oxygen atoms in total. The summed E-state index contributed by atoms with van der Waals surface area (Å²) in [7, 11) is 0. The van der Waals surface area contributed by atoms with E-state index in [2.05, 4.69) is 26.1 Å². The first kappa shape index (κ1) is 29.6. The average Bonchev–Trinajstić information content (AvgIpc) is 2.75. The lowest BCUT2D eigenvalue weighted by molar-refractivity contribution is -0.121. The van der Waals surface area contributed by atoms with E-state index >= 15 is 0 Å². The van der Waals surface area contributed by atoms with Crippen molar-refractivity contribution in [2.75, 3.05) is 6.54 Å². The van der Waals surface area contributed by atoms with E-state index in [9.17, 15) is 4.79 Å². The van der Waals surface area contributed by atoms with Gasteiger partial charge in [-0.15, -0.1) is 0 Å². The van der Waals surface area contributed by atoms with Crippen LogP contribution in [0.3, 0.4) is 0 Å². The Hall–Kier alpha value is -0.370. The molecule has 1 unspecified atom stereocenters. The zero-order valence-electron chi connectivity index (χ0n) is 21.2. The van der Waals surface area contributed by atoms with E-state index in [0.29, 0.717) is 5.78 Å². The van der Waals surface area contributed by atoms with Crippen molar-refractivity contribution in [3.8, 4) is 0 Å². The van der Waals surface area contributed by atoms with Crippen LogP contribution < -0.4 is 5.32 Å². The van der Waals surface area contributed by atoms with Crippen molar-refractivity contribution in [2.45, 2.75) is 168 Å². The molecule has 0 aromatic rings. The number of unbranched alkanes of at least 4 members (excludes halogenated alkanes) is 18. The molecule has 30 heavy (non-hydrogen) atoms. The van der Waals surface area contributed by atoms with Gasteiger partial charge in [0.1, 0.15) is 5.78 Å². The molecule has 0 rings (SSSR count). The number of carbonyl (C=O) groups excluding carboxylic acids is 1. The molecule has 2 heteroatoms. The van der Waals surface area contributed by atoms with Crippen LogP contribution in [-0.4, -0.2) is 18.4 Å². The largest absolute Gasteiger partial charge is 0.307 e. The van der Waals surface area contributed by atoms with Crippen LogP contribution in [0.5, 0.6) is 0 Å². The first-order valence-electron chi connectivity index (χ1n) is 14.0. The second-order valence-electron chi connectivity index (χ2n) is 9.50. The van der Waals surface area contributed by atoms with E-state index in [1.165, 1.54) is 116 Å². The first-order chi connectivity index (χ1) is 14.8. The SMILES string of the molecule is CCCCCCCCCCCCCCCCCCCCCC(=O)C(CC)NCCC. The third kappa shape index (κ3) is 20.9. The van der Waals surface area contributed by atoms with Crippen molar-refractivity contribution in [3.63, 3.8) is 0 Å². The lowest BCUT2D eigenvalue weighted by Crippen LogP contribution is -2.36. The fourth-order valence-corrected chi connectivity index (χ4v) is 4.36. The van der Waals surface area contributed by atoms with Gasteiger partial charge < -0.3 is 5.32 Å². The summed E-state index contributed by atoms with van der Waals surface area (Å²) in [6, 6.07) is 0.0977. The molecule has 0 aliphatic carbocycles. The smallest absolute Gasteiger partial charge is 0.149 e. The summed E-state index contributed by atoms with van der Waals surface area (Å²) < 4.78 is 0. The van der Waals surface area contributed by atoms with Crippen LogP contribution in [-0.2, 0) is 4.79 Å². The number of hydrogen-bond donors (Lipinski definition) is 1. The Kier molecular flexibility index (Phi) is 24.6. The third-order valence-corrected chi connectivity index (χ3v) is 6.46. The van der Waals surface area contributed by atoms with E-state index in [0.717, 1.165) is 32.2 Å². The minimum atomic E-state index is 0.0977. The Morgan fingerprint density at radius 2 is 0.900 bits per heavy atom. The highest BCUT2D eigenvalue weighted by Crippen LogP contribution is 2.15. The number of rotatable bonds is 25. The monoisotopic (exact) mass is 423 g/mol. The highest BCUT2D eigenvalue weighted by Gasteiger charge is 2.14. The van der Waals surface area contributed by atoms with Crippen LogP contribution in [0.4, 0.5) is 0 Å². The van der Waals surface area contributed by atoms with Crippen molar-refractivity contribution in [1.82, 2.24) is 5.32 Å². The molecule has 1 atom stereocenters. The van der Waals surface area contributed by atoms with Gasteiger partial charge in [0, 0.05) is 6.42 Å². The number of hydrogen-bond acceptors (Lipinski definition) is 2. The fourth-order valence-electron chi connectivity index (χ4n) is 4.36. The molecular formula is C28H57NO. The Morgan fingerprint density at radius 3 is 1.23 bits per heavy atom. The maximum Gasteiger partial charge on any atom is 0.149 e. The number of Topliss-reactive ketones (excluding diaryl/α,β-unsaturated/α-hetero) is 1. The van der Waals surface area contributed by atoms with Crippen LogP contribution in [0, 0.1) is 0 Å². The van der Waals surface area contributed by atoms with Crippen molar-refractivity contribution < 1.29 is 4.79 Å². The molecule has 0 saturated carbocycles. The Labute approximate surface area is 190 Å². The summed E-state index contributed by atoms with van der Waals surface area (Å²) >= 11 is 0. The van der Waals surface area contributed by atoms with Gasteiger partial charge in [-0.1, -0.05) is 136 Å². The van der Waals surface area contributed by atoms with Crippen LogP contribution in [0.1, 0.15) is 162 Å². The van der Waals surface area contributed by atoms with Gasteiger partial charge in [-0.05, 0) is 25.8 Å². The van der Waals surface area contributed by atoms with E-state index in [1.54, 1.807) is 0 Å². The molecule has 1 N–H and O–H groups in total. The van der Waals surface area contributed by atoms with Gasteiger partial charge in [0.15, 0.2) is 0 Å². The minimum Gasteiger partial charge on any atom is -0.307 e. The summed E-state index contributed by atoms with van der Waals surface area (Å²) in [4.78, 5) is 12.2. The second-order valence-corrected chi connectivity index (χ2v) is 9.50. The normalized spacial score (nSPS) is 12.4. The van der Waals surface area contributed by atoms with Crippen molar-refractivity contribution in [1.29, 1.82) is 0 Å². The van der Waals surface area contributed by atoms with Gasteiger partial charge in [-0.25, -0.2) is 0 Å². The molecule has 0 saturated heterocycles. The van der Waals surface area contributed by atoms with Gasteiger partial charge in [0.25, 0.3) is 0 Å². The number of nitrogens with one attached hydrogen (secondary N) is 1. The second kappa shape index (κ2) is 24.9. The summed E-state index contributed by atoms with van der Waals surface area (Å²) in [5, 5.41) is 3.38. The van der Waals surface area contributed by atoms with Gasteiger partial charge in [-0.3, -0.25) is 4.79 Å². The zero-order chi connectivity index (χ0) is 22.1. The number of carbonyl (C=O) groups is 1. The van der Waals surface area contributed by atoms with E-state index in [4.69, 9.17) is 0 Å².